The van der Waals surface area contributed by atoms with Gasteiger partial charge in [-0.05, 0) is 24.5 Å². The van der Waals surface area contributed by atoms with E-state index in [0.717, 1.165) is 25.0 Å². The van der Waals surface area contributed by atoms with Crippen LogP contribution in [0.2, 0.25) is 0 Å². The molecule has 7 heteroatoms. The first-order valence-electron chi connectivity index (χ1n) is 9.75. The van der Waals surface area contributed by atoms with Crippen molar-refractivity contribution in [2.45, 2.75) is 63.1 Å². The minimum atomic E-state index is -0.851. The van der Waals surface area contributed by atoms with E-state index in [9.17, 15) is 9.90 Å². The average molecular weight is 371 g/mol. The van der Waals surface area contributed by atoms with Gasteiger partial charge in [-0.1, -0.05) is 38.2 Å². The highest BCUT2D eigenvalue weighted by Gasteiger charge is 2.29. The number of nitrogens with two attached hydrogens (primary N) is 1. The number of nitrogens with zero attached hydrogens (tertiary/aromatic N) is 2. The zero-order chi connectivity index (χ0) is 19.1. The maximum atomic E-state index is 12.7. The molecule has 1 aliphatic carbocycles. The van der Waals surface area contributed by atoms with E-state index >= 15 is 0 Å². The number of hydrogen-bond donors (Lipinski definition) is 4. The molecule has 3 rings (SSSR count). The van der Waals surface area contributed by atoms with Crippen molar-refractivity contribution in [3.05, 3.63) is 48.3 Å². The summed E-state index contributed by atoms with van der Waals surface area (Å²) >= 11 is 0. The monoisotopic (exact) mass is 371 g/mol. The molecule has 0 unspecified atom stereocenters. The van der Waals surface area contributed by atoms with Gasteiger partial charge in [0.1, 0.15) is 6.10 Å². The number of aliphatic hydroxyl groups excluding tert-OH is 1. The molecule has 2 heterocycles. The van der Waals surface area contributed by atoms with Crippen LogP contribution in [0.5, 0.6) is 0 Å². The van der Waals surface area contributed by atoms with E-state index < -0.39 is 18.2 Å². The number of pyridine rings is 1. The Morgan fingerprint density at radius 1 is 1.33 bits per heavy atom. The third kappa shape index (κ3) is 5.61. The Kier molecular flexibility index (Phi) is 6.95. The van der Waals surface area contributed by atoms with Gasteiger partial charge in [-0.3, -0.25) is 9.78 Å². The Hall–Kier alpha value is -2.25. The molecule has 0 radical (unpaired) electrons. The summed E-state index contributed by atoms with van der Waals surface area (Å²) in [4.78, 5) is 23.8. The molecule has 1 saturated carbocycles. The molecule has 0 bridgehead atoms. The number of H-pyrrole nitrogens is 1. The summed E-state index contributed by atoms with van der Waals surface area (Å²) in [6, 6.07) is 4.34. The molecule has 3 atom stereocenters. The third-order valence-corrected chi connectivity index (χ3v) is 5.34. The van der Waals surface area contributed by atoms with E-state index in [4.69, 9.17) is 5.73 Å². The predicted molar refractivity (Wildman–Crippen MR) is 103 cm³/mol. The fraction of sp³-hybridized carbons (Fsp3) is 0.550. The fourth-order valence-corrected chi connectivity index (χ4v) is 3.82. The molecule has 27 heavy (non-hydrogen) atoms. The summed E-state index contributed by atoms with van der Waals surface area (Å²) in [5.74, 6) is 0.242. The Labute approximate surface area is 159 Å². The molecule has 2 aromatic rings. The van der Waals surface area contributed by atoms with Crippen LogP contribution in [0, 0.1) is 5.92 Å². The molecule has 1 amide bonds. The minimum absolute atomic E-state index is 0.264. The Bertz CT molecular complexity index is 686. The molecule has 146 valence electrons. The number of carbonyl (C=O) groups excluding carboxylic acids is 1. The highest BCUT2D eigenvalue weighted by atomic mass is 16.3. The number of rotatable bonds is 8. The molecule has 0 saturated heterocycles. The SMILES string of the molecule is N[C@@H](Cc1cnc[nH]1)C(=O)N[C@@H](CC1CCCCC1)[C@@H](O)c1ccccn1. The Balaban J connectivity index is 1.67. The number of hydrogen-bond acceptors (Lipinski definition) is 5. The topological polar surface area (TPSA) is 117 Å². The number of aliphatic hydroxyl groups is 1. The lowest BCUT2D eigenvalue weighted by atomic mass is 9.83. The van der Waals surface area contributed by atoms with E-state index in [1.165, 1.54) is 19.3 Å². The first-order chi connectivity index (χ1) is 13.1. The highest BCUT2D eigenvalue weighted by molar-refractivity contribution is 5.82. The van der Waals surface area contributed by atoms with Crippen molar-refractivity contribution in [2.75, 3.05) is 0 Å². The molecule has 7 nitrogen and oxygen atoms in total. The maximum absolute atomic E-state index is 12.7. The normalized spacial score (nSPS) is 18.6. The molecular formula is C20H29N5O2. The number of aromatic amines is 1. The predicted octanol–water partition coefficient (Wildman–Crippen LogP) is 1.86. The van der Waals surface area contributed by atoms with Gasteiger partial charge in [0.25, 0.3) is 0 Å². The number of nitrogens with one attached hydrogen (secondary N) is 2. The molecule has 1 fully saturated rings. The summed E-state index contributed by atoms with van der Waals surface area (Å²) in [6.07, 6.45) is 11.1. The third-order valence-electron chi connectivity index (χ3n) is 5.34. The van der Waals surface area contributed by atoms with Crippen LogP contribution in [0.4, 0.5) is 0 Å². The van der Waals surface area contributed by atoms with Crippen LogP contribution in [-0.2, 0) is 11.2 Å². The van der Waals surface area contributed by atoms with E-state index in [1.807, 2.05) is 12.1 Å². The number of carbonyl (C=O) groups is 1. The minimum Gasteiger partial charge on any atom is -0.385 e. The zero-order valence-corrected chi connectivity index (χ0v) is 15.6. The number of imidazole rings is 1. The second kappa shape index (κ2) is 9.62. The molecule has 1 aliphatic rings. The smallest absolute Gasteiger partial charge is 0.237 e. The first-order valence-corrected chi connectivity index (χ1v) is 9.75. The van der Waals surface area contributed by atoms with Gasteiger partial charge in [0, 0.05) is 24.5 Å². The van der Waals surface area contributed by atoms with E-state index in [0.29, 0.717) is 18.0 Å². The van der Waals surface area contributed by atoms with Gasteiger partial charge in [-0.2, -0.15) is 0 Å². The van der Waals surface area contributed by atoms with Crippen LogP contribution >= 0.6 is 0 Å². The lowest BCUT2D eigenvalue weighted by Crippen LogP contribution is -2.49. The van der Waals surface area contributed by atoms with Crippen molar-refractivity contribution in [2.24, 2.45) is 11.7 Å². The summed E-state index contributed by atoms with van der Waals surface area (Å²) < 4.78 is 0. The molecule has 0 aliphatic heterocycles. The zero-order valence-electron chi connectivity index (χ0n) is 15.6. The van der Waals surface area contributed by atoms with Gasteiger partial charge in [0.05, 0.1) is 24.1 Å². The van der Waals surface area contributed by atoms with Crippen molar-refractivity contribution in [1.29, 1.82) is 0 Å². The van der Waals surface area contributed by atoms with Gasteiger partial charge in [-0.25, -0.2) is 4.98 Å². The van der Waals surface area contributed by atoms with Gasteiger partial charge in [0.15, 0.2) is 0 Å². The molecular weight excluding hydrogens is 342 g/mol. The van der Waals surface area contributed by atoms with Crippen LogP contribution in [0.1, 0.15) is 56.0 Å². The lowest BCUT2D eigenvalue weighted by molar-refractivity contribution is -0.124. The van der Waals surface area contributed by atoms with Gasteiger partial charge in [0.2, 0.25) is 5.91 Å². The maximum Gasteiger partial charge on any atom is 0.237 e. The standard InChI is InChI=1S/C20H29N5O2/c21-16(11-15-12-22-13-24-15)20(27)25-18(10-14-6-2-1-3-7-14)19(26)17-8-4-5-9-23-17/h4-5,8-9,12-14,16,18-19,26H,1-3,6-7,10-11,21H2,(H,22,24)(H,25,27)/t16-,18-,19-/m0/s1. The molecule has 0 spiro atoms. The Morgan fingerprint density at radius 2 is 2.15 bits per heavy atom. The average Bonchev–Trinajstić information content (AvgIpc) is 3.21. The number of amides is 1. The quantitative estimate of drug-likeness (QED) is 0.565. The van der Waals surface area contributed by atoms with Crippen LogP contribution in [-0.4, -0.2) is 38.0 Å². The van der Waals surface area contributed by atoms with E-state index in [1.54, 1.807) is 24.8 Å². The number of aromatic nitrogens is 3. The highest BCUT2D eigenvalue weighted by Crippen LogP contribution is 2.30. The summed E-state index contributed by atoms with van der Waals surface area (Å²) in [5, 5.41) is 13.9. The van der Waals surface area contributed by atoms with Gasteiger partial charge in [-0.15, -0.1) is 0 Å². The van der Waals surface area contributed by atoms with Crippen LogP contribution in [0.3, 0.4) is 0 Å². The summed E-state index contributed by atoms with van der Waals surface area (Å²) in [7, 11) is 0. The summed E-state index contributed by atoms with van der Waals surface area (Å²) in [6.45, 7) is 0. The Morgan fingerprint density at radius 3 is 2.81 bits per heavy atom. The van der Waals surface area contributed by atoms with Crippen LogP contribution < -0.4 is 11.1 Å². The van der Waals surface area contributed by atoms with Crippen LogP contribution in [0.25, 0.3) is 0 Å². The lowest BCUT2D eigenvalue weighted by Gasteiger charge is -2.30. The second-order valence-corrected chi connectivity index (χ2v) is 7.44. The molecule has 0 aromatic carbocycles. The first kappa shape index (κ1) is 19.5. The van der Waals surface area contributed by atoms with E-state index in [-0.39, 0.29) is 5.91 Å². The fourth-order valence-electron chi connectivity index (χ4n) is 3.82. The molecule has 2 aromatic heterocycles. The largest absolute Gasteiger partial charge is 0.385 e. The second-order valence-electron chi connectivity index (χ2n) is 7.44. The van der Waals surface area contributed by atoms with Crippen molar-refractivity contribution in [3.8, 4) is 0 Å². The van der Waals surface area contributed by atoms with Crippen molar-refractivity contribution < 1.29 is 9.90 Å². The van der Waals surface area contributed by atoms with Crippen LogP contribution in [0.15, 0.2) is 36.9 Å². The van der Waals surface area contributed by atoms with E-state index in [2.05, 4.69) is 20.3 Å². The van der Waals surface area contributed by atoms with Crippen molar-refractivity contribution in [1.82, 2.24) is 20.3 Å². The molecule has 5 N–H and O–H groups in total. The van der Waals surface area contributed by atoms with Crippen molar-refractivity contribution in [3.63, 3.8) is 0 Å². The summed E-state index contributed by atoms with van der Waals surface area (Å²) in [5.41, 5.74) is 7.45. The van der Waals surface area contributed by atoms with Gasteiger partial charge < -0.3 is 21.1 Å². The van der Waals surface area contributed by atoms with Crippen molar-refractivity contribution >= 4 is 5.91 Å². The van der Waals surface area contributed by atoms with Gasteiger partial charge >= 0.3 is 0 Å².